The van der Waals surface area contributed by atoms with E-state index < -0.39 is 0 Å². The SMILES string of the molecule is CC(=O)N1CC(Oc2ccnc3ccccc23)C1. The molecule has 4 nitrogen and oxygen atoms in total. The van der Waals surface area contributed by atoms with Gasteiger partial charge in [0.25, 0.3) is 0 Å². The van der Waals surface area contributed by atoms with Crippen molar-refractivity contribution >= 4 is 16.8 Å². The van der Waals surface area contributed by atoms with Crippen LogP contribution >= 0.6 is 0 Å². The van der Waals surface area contributed by atoms with E-state index in [4.69, 9.17) is 4.74 Å². The topological polar surface area (TPSA) is 42.4 Å². The third-order valence-electron chi connectivity index (χ3n) is 3.20. The highest BCUT2D eigenvalue weighted by molar-refractivity contribution is 5.84. The Bertz CT molecular complexity index is 586. The lowest BCUT2D eigenvalue weighted by Gasteiger charge is -2.38. The summed E-state index contributed by atoms with van der Waals surface area (Å²) in [4.78, 5) is 17.2. The minimum absolute atomic E-state index is 0.0970. The Morgan fingerprint density at radius 1 is 1.33 bits per heavy atom. The molecule has 2 heterocycles. The van der Waals surface area contributed by atoms with Gasteiger partial charge < -0.3 is 9.64 Å². The summed E-state index contributed by atoms with van der Waals surface area (Å²) in [6.45, 7) is 2.93. The molecule has 0 atom stereocenters. The predicted octanol–water partition coefficient (Wildman–Crippen LogP) is 1.84. The van der Waals surface area contributed by atoms with E-state index in [0.717, 1.165) is 16.7 Å². The number of carbonyl (C=O) groups excluding carboxylic acids is 1. The van der Waals surface area contributed by atoms with E-state index in [1.807, 2.05) is 30.3 Å². The number of hydrogen-bond acceptors (Lipinski definition) is 3. The van der Waals surface area contributed by atoms with E-state index in [1.165, 1.54) is 0 Å². The van der Waals surface area contributed by atoms with Crippen molar-refractivity contribution in [3.63, 3.8) is 0 Å². The second-order valence-corrected chi connectivity index (χ2v) is 4.49. The molecule has 0 N–H and O–H groups in total. The summed E-state index contributed by atoms with van der Waals surface area (Å²) in [6.07, 6.45) is 1.85. The molecule has 1 aromatic carbocycles. The van der Waals surface area contributed by atoms with Crippen LogP contribution in [-0.2, 0) is 4.79 Å². The lowest BCUT2D eigenvalue weighted by molar-refractivity contribution is -0.137. The molecule has 18 heavy (non-hydrogen) atoms. The molecule has 0 spiro atoms. The highest BCUT2D eigenvalue weighted by atomic mass is 16.5. The molecule has 0 saturated carbocycles. The van der Waals surface area contributed by atoms with E-state index in [0.29, 0.717) is 13.1 Å². The molecule has 1 aliphatic rings. The minimum atomic E-state index is 0.0970. The predicted molar refractivity (Wildman–Crippen MR) is 68.4 cm³/mol. The molecule has 3 rings (SSSR count). The molecule has 0 aliphatic carbocycles. The van der Waals surface area contributed by atoms with Crippen molar-refractivity contribution in [3.8, 4) is 5.75 Å². The van der Waals surface area contributed by atoms with Crippen molar-refractivity contribution in [3.05, 3.63) is 36.5 Å². The van der Waals surface area contributed by atoms with Crippen LogP contribution in [0.2, 0.25) is 0 Å². The molecule has 1 fully saturated rings. The van der Waals surface area contributed by atoms with Gasteiger partial charge in [0.2, 0.25) is 5.91 Å². The number of aromatic nitrogens is 1. The van der Waals surface area contributed by atoms with Gasteiger partial charge in [-0.05, 0) is 18.2 Å². The Morgan fingerprint density at radius 3 is 2.89 bits per heavy atom. The van der Waals surface area contributed by atoms with Gasteiger partial charge in [-0.15, -0.1) is 0 Å². The third-order valence-corrected chi connectivity index (χ3v) is 3.20. The first kappa shape index (κ1) is 11.0. The highest BCUT2D eigenvalue weighted by Gasteiger charge is 2.30. The molecule has 0 bridgehead atoms. The number of likely N-dealkylation sites (tertiary alicyclic amines) is 1. The Balaban J connectivity index is 1.78. The molecule has 1 saturated heterocycles. The molecule has 1 aromatic heterocycles. The van der Waals surface area contributed by atoms with Crippen LogP contribution in [0.4, 0.5) is 0 Å². The number of nitrogens with zero attached hydrogens (tertiary/aromatic N) is 2. The van der Waals surface area contributed by atoms with Crippen molar-refractivity contribution in [2.45, 2.75) is 13.0 Å². The number of fused-ring (bicyclic) bond motifs is 1. The van der Waals surface area contributed by atoms with Crippen LogP contribution in [0.5, 0.6) is 5.75 Å². The molecular formula is C14H14N2O2. The number of ether oxygens (including phenoxy) is 1. The van der Waals surface area contributed by atoms with Crippen LogP contribution in [0, 0.1) is 0 Å². The van der Waals surface area contributed by atoms with Gasteiger partial charge in [-0.1, -0.05) is 12.1 Å². The summed E-state index contributed by atoms with van der Waals surface area (Å²) < 4.78 is 5.91. The average Bonchev–Trinajstić information content (AvgIpc) is 2.33. The first-order valence-corrected chi connectivity index (χ1v) is 6.00. The summed E-state index contributed by atoms with van der Waals surface area (Å²) >= 11 is 0. The monoisotopic (exact) mass is 242 g/mol. The molecule has 1 aliphatic heterocycles. The maximum Gasteiger partial charge on any atom is 0.219 e. The van der Waals surface area contributed by atoms with Crippen molar-refractivity contribution in [2.75, 3.05) is 13.1 Å². The van der Waals surface area contributed by atoms with Gasteiger partial charge >= 0.3 is 0 Å². The van der Waals surface area contributed by atoms with Gasteiger partial charge in [0.05, 0.1) is 18.6 Å². The van der Waals surface area contributed by atoms with E-state index in [9.17, 15) is 4.79 Å². The third kappa shape index (κ3) is 1.90. The van der Waals surface area contributed by atoms with Crippen LogP contribution in [0.25, 0.3) is 10.9 Å². The average molecular weight is 242 g/mol. The zero-order chi connectivity index (χ0) is 12.5. The van der Waals surface area contributed by atoms with Crippen LogP contribution < -0.4 is 4.74 Å². The Morgan fingerprint density at radius 2 is 2.11 bits per heavy atom. The number of benzene rings is 1. The maximum atomic E-state index is 11.1. The van der Waals surface area contributed by atoms with E-state index >= 15 is 0 Å². The summed E-state index contributed by atoms with van der Waals surface area (Å²) in [5.74, 6) is 0.947. The van der Waals surface area contributed by atoms with Crippen molar-refractivity contribution in [1.82, 2.24) is 9.88 Å². The molecule has 2 aromatic rings. The molecule has 92 valence electrons. The first-order valence-electron chi connectivity index (χ1n) is 6.00. The highest BCUT2D eigenvalue weighted by Crippen LogP contribution is 2.26. The van der Waals surface area contributed by atoms with E-state index in [-0.39, 0.29) is 12.0 Å². The van der Waals surface area contributed by atoms with Gasteiger partial charge in [0, 0.05) is 18.5 Å². The fourth-order valence-electron chi connectivity index (χ4n) is 2.12. The molecule has 0 unspecified atom stereocenters. The normalized spacial score (nSPS) is 15.5. The maximum absolute atomic E-state index is 11.1. The second kappa shape index (κ2) is 4.29. The second-order valence-electron chi connectivity index (χ2n) is 4.49. The van der Waals surface area contributed by atoms with E-state index in [1.54, 1.807) is 18.0 Å². The smallest absolute Gasteiger partial charge is 0.219 e. The van der Waals surface area contributed by atoms with Crippen LogP contribution in [0.3, 0.4) is 0 Å². The van der Waals surface area contributed by atoms with Crippen LogP contribution in [0.1, 0.15) is 6.92 Å². The summed E-state index contributed by atoms with van der Waals surface area (Å²) in [5, 5.41) is 1.02. The fraction of sp³-hybridized carbons (Fsp3) is 0.286. The Hall–Kier alpha value is -2.10. The number of pyridine rings is 1. The number of hydrogen-bond donors (Lipinski definition) is 0. The lowest BCUT2D eigenvalue weighted by atomic mass is 10.1. The zero-order valence-corrected chi connectivity index (χ0v) is 10.2. The summed E-state index contributed by atoms with van der Waals surface area (Å²) in [5.41, 5.74) is 0.928. The Labute approximate surface area is 105 Å². The van der Waals surface area contributed by atoms with Gasteiger partial charge in [-0.25, -0.2) is 0 Å². The van der Waals surface area contributed by atoms with Gasteiger partial charge in [0.1, 0.15) is 11.9 Å². The van der Waals surface area contributed by atoms with Gasteiger partial charge in [-0.2, -0.15) is 0 Å². The van der Waals surface area contributed by atoms with Gasteiger partial charge in [-0.3, -0.25) is 9.78 Å². The summed E-state index contributed by atoms with van der Waals surface area (Å²) in [7, 11) is 0. The number of para-hydroxylation sites is 1. The molecule has 0 radical (unpaired) electrons. The zero-order valence-electron chi connectivity index (χ0n) is 10.2. The fourth-order valence-corrected chi connectivity index (χ4v) is 2.12. The quantitative estimate of drug-likeness (QED) is 0.807. The van der Waals surface area contributed by atoms with Crippen molar-refractivity contribution in [1.29, 1.82) is 0 Å². The molecular weight excluding hydrogens is 228 g/mol. The number of carbonyl (C=O) groups is 1. The van der Waals surface area contributed by atoms with Crippen LogP contribution in [0.15, 0.2) is 36.5 Å². The number of rotatable bonds is 2. The first-order chi connectivity index (χ1) is 8.74. The standard InChI is InChI=1S/C14H14N2O2/c1-10(17)16-8-11(9-16)18-14-6-7-15-13-5-3-2-4-12(13)14/h2-7,11H,8-9H2,1H3. The number of amides is 1. The minimum Gasteiger partial charge on any atom is -0.486 e. The lowest BCUT2D eigenvalue weighted by Crippen LogP contribution is -2.55. The molecule has 4 heteroatoms. The van der Waals surface area contributed by atoms with Crippen molar-refractivity contribution < 1.29 is 9.53 Å². The largest absolute Gasteiger partial charge is 0.486 e. The van der Waals surface area contributed by atoms with Gasteiger partial charge in [0.15, 0.2) is 0 Å². The summed E-state index contributed by atoms with van der Waals surface area (Å²) in [6, 6.07) is 9.77. The Kier molecular flexibility index (Phi) is 2.63. The molecule has 1 amide bonds. The van der Waals surface area contributed by atoms with Crippen molar-refractivity contribution in [2.24, 2.45) is 0 Å². The van der Waals surface area contributed by atoms with Crippen LogP contribution in [-0.4, -0.2) is 35.0 Å². The van der Waals surface area contributed by atoms with E-state index in [2.05, 4.69) is 4.98 Å².